The van der Waals surface area contributed by atoms with Crippen molar-refractivity contribution in [3.05, 3.63) is 42.0 Å². The van der Waals surface area contributed by atoms with Crippen LogP contribution in [-0.4, -0.2) is 62.5 Å². The van der Waals surface area contributed by atoms with Gasteiger partial charge in [0.25, 0.3) is 0 Å². The van der Waals surface area contributed by atoms with Gasteiger partial charge in [-0.1, -0.05) is 57.5 Å². The Balaban J connectivity index is 0. The Morgan fingerprint density at radius 1 is 0.714 bits per heavy atom. The average Bonchev–Trinajstić information content (AvgIpc) is 2.85. The zero-order chi connectivity index (χ0) is 26.9. The second kappa shape index (κ2) is 23.5. The Morgan fingerprint density at radius 3 is 1.69 bits per heavy atom. The fourth-order valence-corrected chi connectivity index (χ4v) is 1.91. The van der Waals surface area contributed by atoms with Crippen molar-refractivity contribution in [3.8, 4) is 0 Å². The first-order valence-electron chi connectivity index (χ1n) is 11.6. The lowest BCUT2D eigenvalue weighted by Crippen LogP contribution is -2.42. The third kappa shape index (κ3) is 23.3. The van der Waals surface area contributed by atoms with Gasteiger partial charge in [0.15, 0.2) is 0 Å². The summed E-state index contributed by atoms with van der Waals surface area (Å²) in [5.41, 5.74) is 0.861. The van der Waals surface area contributed by atoms with Crippen molar-refractivity contribution in [2.75, 3.05) is 32.8 Å². The van der Waals surface area contributed by atoms with Crippen LogP contribution in [0.2, 0.25) is 0 Å². The van der Waals surface area contributed by atoms with Crippen LogP contribution in [0, 0.1) is 0 Å². The number of benzene rings is 1. The molecule has 0 atom stereocenters. The van der Waals surface area contributed by atoms with Crippen LogP contribution in [0.1, 0.15) is 53.0 Å². The van der Waals surface area contributed by atoms with Gasteiger partial charge in [-0.3, -0.25) is 24.0 Å². The maximum Gasteiger partial charge on any atom is 0.325 e. The standard InChI is InChI=1S/C17H21N3O5.C5H10O2.C3H8/c1-2-25-17(24)12-20-16(23)11-19-15(22)10-18-14(21)9-8-13-6-4-3-5-7-13;1-3-5(6)7-4-2;1-3-2/h3-9H,2,10-12H2,1H3,(H,18,21)(H,19,22)(H,20,23);3-4H2,1-2H3;3H2,1-2H3/b9-8+;;. The summed E-state index contributed by atoms with van der Waals surface area (Å²) < 4.78 is 9.19. The molecule has 0 unspecified atom stereocenters. The summed E-state index contributed by atoms with van der Waals surface area (Å²) in [5, 5.41) is 7.02. The smallest absolute Gasteiger partial charge is 0.325 e. The molecule has 0 aliphatic rings. The molecule has 0 heterocycles. The van der Waals surface area contributed by atoms with Crippen molar-refractivity contribution < 1.29 is 33.4 Å². The first-order valence-corrected chi connectivity index (χ1v) is 11.6. The van der Waals surface area contributed by atoms with Gasteiger partial charge in [-0.15, -0.1) is 0 Å². The predicted octanol–water partition coefficient (Wildman–Crippen LogP) is 1.99. The zero-order valence-electron chi connectivity index (χ0n) is 21.3. The molecule has 0 radical (unpaired) electrons. The van der Waals surface area contributed by atoms with Crippen LogP contribution >= 0.6 is 0 Å². The highest BCUT2D eigenvalue weighted by Gasteiger charge is 2.08. The summed E-state index contributed by atoms with van der Waals surface area (Å²) in [6, 6.07) is 9.23. The Kier molecular flexibility index (Phi) is 22.5. The minimum absolute atomic E-state index is 0.123. The molecule has 0 bridgehead atoms. The molecule has 10 heteroatoms. The lowest BCUT2D eigenvalue weighted by atomic mass is 10.2. The van der Waals surface area contributed by atoms with Gasteiger partial charge in [0, 0.05) is 12.5 Å². The maximum atomic E-state index is 11.6. The first-order chi connectivity index (χ1) is 16.7. The van der Waals surface area contributed by atoms with Gasteiger partial charge in [0.1, 0.15) is 6.54 Å². The quantitative estimate of drug-likeness (QED) is 0.316. The van der Waals surface area contributed by atoms with Crippen molar-refractivity contribution in [1.82, 2.24) is 16.0 Å². The van der Waals surface area contributed by atoms with E-state index in [4.69, 9.17) is 0 Å². The van der Waals surface area contributed by atoms with Gasteiger partial charge in [-0.2, -0.15) is 0 Å². The molecular formula is C25H39N3O7. The number of esters is 2. The lowest BCUT2D eigenvalue weighted by Gasteiger charge is -2.07. The minimum Gasteiger partial charge on any atom is -0.466 e. The molecule has 35 heavy (non-hydrogen) atoms. The third-order valence-corrected chi connectivity index (χ3v) is 3.43. The Labute approximate surface area is 207 Å². The van der Waals surface area contributed by atoms with E-state index >= 15 is 0 Å². The molecule has 0 spiro atoms. The number of amides is 3. The van der Waals surface area contributed by atoms with Gasteiger partial charge >= 0.3 is 11.9 Å². The second-order valence-corrected chi connectivity index (χ2v) is 6.69. The fraction of sp³-hybridized carbons (Fsp3) is 0.480. The van der Waals surface area contributed by atoms with Crippen LogP contribution in [0.5, 0.6) is 0 Å². The minimum atomic E-state index is -0.556. The van der Waals surface area contributed by atoms with Crippen molar-refractivity contribution in [1.29, 1.82) is 0 Å². The van der Waals surface area contributed by atoms with E-state index < -0.39 is 23.7 Å². The SMILES string of the molecule is CCC.CCOC(=O)CC.CCOC(=O)CNC(=O)CNC(=O)CNC(=O)/C=C/c1ccccc1. The van der Waals surface area contributed by atoms with Crippen molar-refractivity contribution in [2.24, 2.45) is 0 Å². The molecular weight excluding hydrogens is 454 g/mol. The number of ether oxygens (including phenoxy) is 2. The number of rotatable bonds is 11. The highest BCUT2D eigenvalue weighted by molar-refractivity contribution is 5.95. The summed E-state index contributed by atoms with van der Waals surface area (Å²) in [4.78, 5) is 55.8. The van der Waals surface area contributed by atoms with Crippen molar-refractivity contribution in [2.45, 2.75) is 47.5 Å². The van der Waals surface area contributed by atoms with E-state index in [1.807, 2.05) is 30.3 Å². The summed E-state index contributed by atoms with van der Waals surface area (Å²) in [6.07, 6.45) is 4.67. The van der Waals surface area contributed by atoms with Crippen LogP contribution in [0.15, 0.2) is 36.4 Å². The highest BCUT2D eigenvalue weighted by atomic mass is 16.5. The van der Waals surface area contributed by atoms with Gasteiger partial charge in [-0.25, -0.2) is 0 Å². The highest BCUT2D eigenvalue weighted by Crippen LogP contribution is 2.00. The van der Waals surface area contributed by atoms with Crippen LogP contribution in [0.4, 0.5) is 0 Å². The van der Waals surface area contributed by atoms with E-state index in [1.54, 1.807) is 26.8 Å². The number of hydrogen-bond acceptors (Lipinski definition) is 7. The van der Waals surface area contributed by atoms with Crippen molar-refractivity contribution >= 4 is 35.7 Å². The zero-order valence-corrected chi connectivity index (χ0v) is 21.3. The first kappa shape index (κ1) is 33.5. The molecule has 1 aromatic carbocycles. The molecule has 3 N–H and O–H groups in total. The van der Waals surface area contributed by atoms with Gasteiger partial charge in [-0.05, 0) is 25.5 Å². The Morgan fingerprint density at radius 2 is 1.20 bits per heavy atom. The summed E-state index contributed by atoms with van der Waals surface area (Å²) in [6.45, 7) is 9.38. The summed E-state index contributed by atoms with van der Waals surface area (Å²) >= 11 is 0. The molecule has 1 rings (SSSR count). The monoisotopic (exact) mass is 493 g/mol. The maximum absolute atomic E-state index is 11.6. The molecule has 0 saturated carbocycles. The van der Waals surface area contributed by atoms with E-state index in [0.717, 1.165) is 5.56 Å². The molecule has 0 aliphatic heterocycles. The largest absolute Gasteiger partial charge is 0.466 e. The molecule has 1 aromatic rings. The van der Waals surface area contributed by atoms with E-state index in [2.05, 4.69) is 39.3 Å². The Bertz CT molecular complexity index is 781. The third-order valence-electron chi connectivity index (χ3n) is 3.43. The van der Waals surface area contributed by atoms with Crippen LogP contribution in [-0.2, 0) is 33.4 Å². The molecule has 0 aliphatic carbocycles. The molecule has 0 fully saturated rings. The van der Waals surface area contributed by atoms with Gasteiger partial charge in [0.2, 0.25) is 17.7 Å². The number of hydrogen-bond donors (Lipinski definition) is 3. The number of carbonyl (C=O) groups excluding carboxylic acids is 5. The topological polar surface area (TPSA) is 140 Å². The number of carbonyl (C=O) groups is 5. The molecule has 196 valence electrons. The predicted molar refractivity (Wildman–Crippen MR) is 134 cm³/mol. The second-order valence-electron chi connectivity index (χ2n) is 6.69. The van der Waals surface area contributed by atoms with Gasteiger partial charge < -0.3 is 25.4 Å². The van der Waals surface area contributed by atoms with Crippen LogP contribution < -0.4 is 16.0 Å². The van der Waals surface area contributed by atoms with Crippen molar-refractivity contribution in [3.63, 3.8) is 0 Å². The van der Waals surface area contributed by atoms with E-state index in [-0.39, 0.29) is 32.2 Å². The normalized spacial score (nSPS) is 9.40. The lowest BCUT2D eigenvalue weighted by molar-refractivity contribution is -0.143. The Hall–Kier alpha value is -3.69. The molecule has 3 amide bonds. The average molecular weight is 494 g/mol. The number of nitrogens with one attached hydrogen (secondary N) is 3. The van der Waals surface area contributed by atoms with Crippen LogP contribution in [0.25, 0.3) is 6.08 Å². The van der Waals surface area contributed by atoms with E-state index in [1.165, 1.54) is 12.5 Å². The summed E-state index contributed by atoms with van der Waals surface area (Å²) in [5.74, 6) is -2.16. The fourth-order valence-electron chi connectivity index (χ4n) is 1.91. The summed E-state index contributed by atoms with van der Waals surface area (Å²) in [7, 11) is 0. The molecule has 10 nitrogen and oxygen atoms in total. The van der Waals surface area contributed by atoms with E-state index in [9.17, 15) is 24.0 Å². The van der Waals surface area contributed by atoms with Crippen LogP contribution in [0.3, 0.4) is 0 Å². The van der Waals surface area contributed by atoms with E-state index in [0.29, 0.717) is 13.0 Å². The molecule has 0 aromatic heterocycles. The molecule has 0 saturated heterocycles. The van der Waals surface area contributed by atoms with Gasteiger partial charge in [0.05, 0.1) is 26.3 Å².